The summed E-state index contributed by atoms with van der Waals surface area (Å²) in [4.78, 5) is 26.6. The number of aliphatic hydroxyl groups excluding tert-OH is 2. The predicted octanol–water partition coefficient (Wildman–Crippen LogP) is 4.49. The quantitative estimate of drug-likeness (QED) is 0.409. The molecule has 37 heavy (non-hydrogen) atoms. The van der Waals surface area contributed by atoms with E-state index < -0.39 is 63.2 Å². The molecule has 0 spiro atoms. The molecule has 0 aromatic carbocycles. The molecule has 4 unspecified atom stereocenters. The minimum atomic E-state index is -2.17. The fourth-order valence-electron chi connectivity index (χ4n) is 7.86. The Hall–Kier alpha value is -1.95. The van der Waals surface area contributed by atoms with Gasteiger partial charge in [-0.25, -0.2) is 8.78 Å². The van der Waals surface area contributed by atoms with Crippen LogP contribution in [0.25, 0.3) is 0 Å². The average molecular weight is 535 g/mol. The number of carbonyl (C=O) groups is 2. The van der Waals surface area contributed by atoms with Crippen LogP contribution in [-0.4, -0.2) is 57.2 Å². The number of hydrogen-bond acceptors (Lipinski definition) is 6. The topological polar surface area (TPSA) is 83.8 Å². The van der Waals surface area contributed by atoms with Crippen molar-refractivity contribution in [2.45, 2.75) is 76.9 Å². The maximum absolute atomic E-state index is 17.5. The van der Waals surface area contributed by atoms with E-state index in [4.69, 9.17) is 9.84 Å². The fourth-order valence-corrected chi connectivity index (χ4v) is 8.85. The van der Waals surface area contributed by atoms with Crippen molar-refractivity contribution in [2.75, 3.05) is 12.4 Å². The summed E-state index contributed by atoms with van der Waals surface area (Å²) in [6.07, 6.45) is 2.07. The number of alkyl halides is 2. The molecular weight excluding hydrogens is 498 g/mol. The molecule has 0 radical (unpaired) electrons. The van der Waals surface area contributed by atoms with Crippen LogP contribution in [-0.2, 0) is 14.3 Å². The fraction of sp³-hybridized carbons (Fsp3) is 0.655. The second-order valence-corrected chi connectivity index (χ2v) is 12.3. The Morgan fingerprint density at radius 1 is 1.27 bits per heavy atom. The van der Waals surface area contributed by atoms with Gasteiger partial charge in [-0.05, 0) is 43.3 Å². The van der Waals surface area contributed by atoms with Crippen molar-refractivity contribution in [1.29, 1.82) is 0 Å². The van der Waals surface area contributed by atoms with Gasteiger partial charge >= 0.3 is 5.97 Å². The van der Waals surface area contributed by atoms with Gasteiger partial charge in [0, 0.05) is 29.1 Å². The lowest BCUT2D eigenvalue weighted by atomic mass is 9.44. The van der Waals surface area contributed by atoms with Crippen molar-refractivity contribution in [1.82, 2.24) is 0 Å². The molecule has 0 aromatic rings. The van der Waals surface area contributed by atoms with E-state index >= 15 is 8.78 Å². The molecule has 4 rings (SSSR count). The van der Waals surface area contributed by atoms with E-state index in [2.05, 4.69) is 18.4 Å². The van der Waals surface area contributed by atoms with Crippen molar-refractivity contribution in [2.24, 2.45) is 28.6 Å². The summed E-state index contributed by atoms with van der Waals surface area (Å²) in [5, 5.41) is 20.1. The van der Waals surface area contributed by atoms with Crippen LogP contribution in [0.2, 0.25) is 0 Å². The largest absolute Gasteiger partial charge is 0.449 e. The molecule has 2 N–H and O–H groups in total. The van der Waals surface area contributed by atoms with Crippen molar-refractivity contribution in [3.8, 4) is 11.8 Å². The molecule has 202 valence electrons. The standard InChI is InChI=1S/C29H36F2O5S/c1-6-24(34)36-29(25(35)37-12-8-7-11-32)18(3)14-19-20-15-22(30)21-13-17(2)9-10-26(21,4)28(20,31)23(33)16-27(19,29)5/h9-10,13,18-20,22-23,32-33H,2,6,11-12,14-16H2,1,3-5H3/t18-,19?,20?,22+,23?,26+,27?,28+,29+/m1/s1. The summed E-state index contributed by atoms with van der Waals surface area (Å²) < 4.78 is 39.2. The lowest BCUT2D eigenvalue weighted by Gasteiger charge is -2.63. The molecule has 0 bridgehead atoms. The van der Waals surface area contributed by atoms with Gasteiger partial charge in [0.05, 0.1) is 11.9 Å². The monoisotopic (exact) mass is 534 g/mol. The smallest absolute Gasteiger partial charge is 0.306 e. The van der Waals surface area contributed by atoms with Gasteiger partial charge < -0.3 is 14.9 Å². The first-order chi connectivity index (χ1) is 17.3. The molecule has 0 heterocycles. The molecule has 4 aliphatic rings. The summed E-state index contributed by atoms with van der Waals surface area (Å²) in [6, 6.07) is 0. The molecule has 0 aliphatic heterocycles. The zero-order chi connectivity index (χ0) is 27.4. The van der Waals surface area contributed by atoms with Crippen LogP contribution in [0.1, 0.15) is 53.4 Å². The first-order valence-electron chi connectivity index (χ1n) is 12.9. The Kier molecular flexibility index (Phi) is 7.33. The molecule has 5 nitrogen and oxygen atoms in total. The average Bonchev–Trinajstić information content (AvgIpc) is 3.06. The highest BCUT2D eigenvalue weighted by molar-refractivity contribution is 8.14. The van der Waals surface area contributed by atoms with E-state index in [0.717, 1.165) is 11.8 Å². The number of carbonyl (C=O) groups excluding carboxylic acids is 2. The Morgan fingerprint density at radius 2 is 1.97 bits per heavy atom. The van der Waals surface area contributed by atoms with Crippen LogP contribution in [0.3, 0.4) is 0 Å². The van der Waals surface area contributed by atoms with Gasteiger partial charge in [0.15, 0.2) is 11.3 Å². The van der Waals surface area contributed by atoms with E-state index in [0.29, 0.717) is 12.0 Å². The van der Waals surface area contributed by atoms with E-state index in [1.165, 1.54) is 0 Å². The Morgan fingerprint density at radius 3 is 2.62 bits per heavy atom. The van der Waals surface area contributed by atoms with Gasteiger partial charge in [-0.15, -0.1) is 0 Å². The third-order valence-corrected chi connectivity index (χ3v) is 10.5. The second-order valence-electron chi connectivity index (χ2n) is 11.3. The SMILES string of the molecule is C=C1C=C[C@@]2(C)C(=C1)[C@@H](F)CC1C3C[C@@H](C)[C@](OC(=O)CC)(C(=O)SCC#CCO)C3(C)CC(O)[C@@]12F. The maximum Gasteiger partial charge on any atom is 0.306 e. The van der Waals surface area contributed by atoms with Gasteiger partial charge in [-0.2, -0.15) is 0 Å². The highest BCUT2D eigenvalue weighted by Crippen LogP contribution is 2.72. The van der Waals surface area contributed by atoms with Crippen LogP contribution >= 0.6 is 11.8 Å². The summed E-state index contributed by atoms with van der Waals surface area (Å²) in [5.41, 5.74) is -5.42. The minimum Gasteiger partial charge on any atom is -0.449 e. The molecule has 4 aliphatic carbocycles. The van der Waals surface area contributed by atoms with E-state index in [9.17, 15) is 14.7 Å². The third-order valence-electron chi connectivity index (χ3n) is 9.61. The molecule has 9 atom stereocenters. The molecule has 8 heteroatoms. The summed E-state index contributed by atoms with van der Waals surface area (Å²) in [6.45, 7) is 10.4. The van der Waals surface area contributed by atoms with Gasteiger partial charge in [0.1, 0.15) is 12.8 Å². The van der Waals surface area contributed by atoms with Crippen LogP contribution in [0, 0.1) is 40.4 Å². The van der Waals surface area contributed by atoms with Crippen LogP contribution in [0.4, 0.5) is 8.78 Å². The van der Waals surface area contributed by atoms with Crippen LogP contribution in [0.15, 0.2) is 36.0 Å². The van der Waals surface area contributed by atoms with E-state index in [1.54, 1.807) is 39.0 Å². The minimum absolute atomic E-state index is 0.0456. The van der Waals surface area contributed by atoms with E-state index in [1.807, 2.05) is 6.92 Å². The van der Waals surface area contributed by atoms with Crippen molar-refractivity contribution in [3.63, 3.8) is 0 Å². The zero-order valence-electron chi connectivity index (χ0n) is 21.9. The zero-order valence-corrected chi connectivity index (χ0v) is 22.7. The molecule has 3 saturated carbocycles. The summed E-state index contributed by atoms with van der Waals surface area (Å²) >= 11 is 0.891. The first-order valence-corrected chi connectivity index (χ1v) is 13.9. The van der Waals surface area contributed by atoms with E-state index in [-0.39, 0.29) is 37.2 Å². The summed E-state index contributed by atoms with van der Waals surface area (Å²) in [5.74, 6) is 2.84. The molecule has 0 saturated heterocycles. The number of halogens is 2. The Bertz CT molecular complexity index is 1120. The van der Waals surface area contributed by atoms with Crippen LogP contribution < -0.4 is 0 Å². The van der Waals surface area contributed by atoms with Gasteiger partial charge in [-0.1, -0.05) is 69.2 Å². The number of aliphatic hydroxyl groups is 2. The van der Waals surface area contributed by atoms with Gasteiger partial charge in [-0.3, -0.25) is 9.59 Å². The van der Waals surface area contributed by atoms with Gasteiger partial charge in [0.25, 0.3) is 0 Å². The number of thioether (sulfide) groups is 1. The van der Waals surface area contributed by atoms with Crippen LogP contribution in [0.5, 0.6) is 0 Å². The lowest BCUT2D eigenvalue weighted by molar-refractivity contribution is -0.228. The third kappa shape index (κ3) is 3.79. The number of hydrogen-bond donors (Lipinski definition) is 2. The highest BCUT2D eigenvalue weighted by Gasteiger charge is 2.78. The molecule has 0 aromatic heterocycles. The Labute approximate surface area is 221 Å². The number of esters is 1. The first kappa shape index (κ1) is 28.1. The van der Waals surface area contributed by atoms with Gasteiger partial charge in [0.2, 0.25) is 5.12 Å². The lowest BCUT2D eigenvalue weighted by Crippen LogP contribution is -2.70. The predicted molar refractivity (Wildman–Crippen MR) is 139 cm³/mol. The highest BCUT2D eigenvalue weighted by atomic mass is 32.2. The van der Waals surface area contributed by atoms with Crippen molar-refractivity contribution >= 4 is 22.8 Å². The van der Waals surface area contributed by atoms with Crippen molar-refractivity contribution in [3.05, 3.63) is 36.0 Å². The number of ether oxygens (including phenoxy) is 1. The molecule has 0 amide bonds. The normalized spacial score (nSPS) is 44.1. The molecule has 3 fully saturated rings. The van der Waals surface area contributed by atoms with Crippen molar-refractivity contribution < 1.29 is 33.3 Å². The number of allylic oxidation sites excluding steroid dienone is 5. The maximum atomic E-state index is 17.5. The number of rotatable bonds is 4. The summed E-state index contributed by atoms with van der Waals surface area (Å²) in [7, 11) is 0. The Balaban J connectivity index is 1.82. The molecular formula is C29H36F2O5S. The second kappa shape index (κ2) is 9.66. The number of fused-ring (bicyclic) bond motifs is 5.